The minimum atomic E-state index is -4.06. The Morgan fingerprint density at radius 2 is 1.69 bits per heavy atom. The van der Waals surface area contributed by atoms with Crippen LogP contribution in [0, 0.1) is 6.92 Å². The fraction of sp³-hybridized carbons (Fsp3) is 0.333. The number of sulfonamides is 1. The molecule has 0 saturated carbocycles. The summed E-state index contributed by atoms with van der Waals surface area (Å²) in [6.07, 6.45) is 0.683. The van der Waals surface area contributed by atoms with Crippen LogP contribution < -0.4 is 36.6 Å². The number of hydrogen-bond acceptors (Lipinski definition) is 12. The highest BCUT2D eigenvalue weighted by Gasteiger charge is 2.29. The van der Waals surface area contributed by atoms with Gasteiger partial charge in [0.05, 0.1) is 17.1 Å². The second-order valence-electron chi connectivity index (χ2n) is 12.2. The molecule has 0 radical (unpaired) electrons. The Morgan fingerprint density at radius 1 is 0.980 bits per heavy atom. The fourth-order valence-electron chi connectivity index (χ4n) is 5.84. The van der Waals surface area contributed by atoms with Crippen molar-refractivity contribution < 1.29 is 18.3 Å². The van der Waals surface area contributed by atoms with Gasteiger partial charge in [0.2, 0.25) is 17.8 Å². The molecule has 0 aliphatic carbocycles. The largest absolute Gasteiger partial charge is 0.506 e. The van der Waals surface area contributed by atoms with Gasteiger partial charge in [-0.15, -0.1) is 0 Å². The first-order valence-electron chi connectivity index (χ1n) is 16.1. The van der Waals surface area contributed by atoms with Crippen molar-refractivity contribution in [3.63, 3.8) is 0 Å². The van der Waals surface area contributed by atoms with Crippen molar-refractivity contribution in [2.75, 3.05) is 59.1 Å². The minimum Gasteiger partial charge on any atom is -0.506 e. The van der Waals surface area contributed by atoms with E-state index in [-0.39, 0.29) is 52.9 Å². The van der Waals surface area contributed by atoms with E-state index in [1.54, 1.807) is 35.2 Å². The molecule has 258 valence electrons. The van der Waals surface area contributed by atoms with Gasteiger partial charge in [-0.1, -0.05) is 48.0 Å². The van der Waals surface area contributed by atoms with Crippen LogP contribution in [0.1, 0.15) is 17.5 Å². The van der Waals surface area contributed by atoms with Crippen molar-refractivity contribution in [3.8, 4) is 5.75 Å². The fourth-order valence-corrected chi connectivity index (χ4v) is 7.30. The summed E-state index contributed by atoms with van der Waals surface area (Å²) in [4.78, 5) is 29.4. The summed E-state index contributed by atoms with van der Waals surface area (Å²) in [5.74, 6) is 0.559. The van der Waals surface area contributed by atoms with Gasteiger partial charge in [0.25, 0.3) is 10.0 Å². The first kappa shape index (κ1) is 33.7. The van der Waals surface area contributed by atoms with Crippen LogP contribution in [0.2, 0.25) is 0 Å². The monoisotopic (exact) mass is 687 g/mol. The smallest absolute Gasteiger partial charge is 0.317 e. The summed E-state index contributed by atoms with van der Waals surface area (Å²) in [6, 6.07) is 20.0. The molecule has 2 fully saturated rings. The number of phenols is 1. The van der Waals surface area contributed by atoms with E-state index >= 15 is 0 Å². The molecule has 3 heterocycles. The molecular weight excluding hydrogens is 647 g/mol. The number of nitrogens with one attached hydrogen (secondary N) is 3. The summed E-state index contributed by atoms with van der Waals surface area (Å²) in [7, 11) is -4.06. The van der Waals surface area contributed by atoms with Crippen LogP contribution in [-0.4, -0.2) is 90.8 Å². The van der Waals surface area contributed by atoms with Crippen LogP contribution in [0.15, 0.2) is 77.7 Å². The molecule has 3 aromatic carbocycles. The van der Waals surface area contributed by atoms with Crippen molar-refractivity contribution in [1.29, 1.82) is 0 Å². The lowest BCUT2D eigenvalue weighted by Gasteiger charge is -2.34. The van der Waals surface area contributed by atoms with Crippen LogP contribution in [0.3, 0.4) is 0 Å². The number of rotatable bonds is 12. The van der Waals surface area contributed by atoms with Gasteiger partial charge in [0, 0.05) is 63.1 Å². The van der Waals surface area contributed by atoms with Gasteiger partial charge in [-0.2, -0.15) is 15.0 Å². The second kappa shape index (κ2) is 14.5. The molecule has 1 aromatic heterocycles. The van der Waals surface area contributed by atoms with Gasteiger partial charge >= 0.3 is 6.03 Å². The Kier molecular flexibility index (Phi) is 9.98. The zero-order valence-electron chi connectivity index (χ0n) is 27.2. The summed E-state index contributed by atoms with van der Waals surface area (Å²) in [5, 5.41) is 20.4. The normalized spacial score (nSPS) is 17.9. The quantitative estimate of drug-likeness (QED) is 0.127. The SMILES string of the molecule is Cc1ccc(S(=O)(=O)N(Cc2ccccc2)c2ccc(Nc3nc(NCCN4CCNC4=O)nc(N4C[C@H](N)C[C@H](N)C4)n3)cc2O)cc1. The Bertz CT molecular complexity index is 1870. The molecule has 0 bridgehead atoms. The second-order valence-corrected chi connectivity index (χ2v) is 14.1. The van der Waals surface area contributed by atoms with E-state index in [0.29, 0.717) is 57.3 Å². The molecule has 8 N–H and O–H groups in total. The van der Waals surface area contributed by atoms with Gasteiger partial charge < -0.3 is 42.3 Å². The van der Waals surface area contributed by atoms with Gasteiger partial charge in [-0.05, 0) is 43.2 Å². The number of aromatic nitrogens is 3. The van der Waals surface area contributed by atoms with E-state index in [9.17, 15) is 18.3 Å². The summed E-state index contributed by atoms with van der Waals surface area (Å²) in [6.45, 7) is 4.98. The third kappa shape index (κ3) is 8.10. The molecular formula is C33H41N11O4S. The van der Waals surface area contributed by atoms with Gasteiger partial charge in [-0.3, -0.25) is 4.31 Å². The van der Waals surface area contributed by atoms with Gasteiger partial charge in [-0.25, -0.2) is 13.2 Å². The maximum Gasteiger partial charge on any atom is 0.317 e. The maximum absolute atomic E-state index is 14.0. The van der Waals surface area contributed by atoms with Crippen LogP contribution >= 0.6 is 0 Å². The molecule has 2 amide bonds. The Balaban J connectivity index is 1.28. The molecule has 16 heteroatoms. The Hall–Kier alpha value is -5.19. The highest BCUT2D eigenvalue weighted by molar-refractivity contribution is 7.92. The van der Waals surface area contributed by atoms with E-state index in [1.807, 2.05) is 42.2 Å². The zero-order chi connectivity index (χ0) is 34.5. The Labute approximate surface area is 285 Å². The number of amides is 2. The van der Waals surface area contributed by atoms with Crippen molar-refractivity contribution in [2.45, 2.75) is 36.9 Å². The number of benzene rings is 3. The highest BCUT2D eigenvalue weighted by Crippen LogP contribution is 2.36. The molecule has 0 unspecified atom stereocenters. The van der Waals surface area contributed by atoms with Gasteiger partial charge in [0.1, 0.15) is 5.75 Å². The predicted octanol–water partition coefficient (Wildman–Crippen LogP) is 2.33. The number of nitrogens with two attached hydrogens (primary N) is 2. The molecule has 2 aliphatic heterocycles. The topological polar surface area (TPSA) is 208 Å². The van der Waals surface area contributed by atoms with Crippen molar-refractivity contribution in [2.24, 2.45) is 11.5 Å². The molecule has 15 nitrogen and oxygen atoms in total. The highest BCUT2D eigenvalue weighted by atomic mass is 32.2. The summed E-state index contributed by atoms with van der Waals surface area (Å²) < 4.78 is 29.1. The number of anilines is 5. The lowest BCUT2D eigenvalue weighted by molar-refractivity contribution is 0.219. The van der Waals surface area contributed by atoms with E-state index < -0.39 is 10.0 Å². The van der Waals surface area contributed by atoms with Crippen LogP contribution in [0.5, 0.6) is 5.75 Å². The average molecular weight is 688 g/mol. The Morgan fingerprint density at radius 3 is 2.37 bits per heavy atom. The van der Waals surface area contributed by atoms with Crippen molar-refractivity contribution in [3.05, 3.63) is 83.9 Å². The molecule has 4 aromatic rings. The molecule has 2 aliphatic rings. The van der Waals surface area contributed by atoms with E-state index in [4.69, 9.17) is 11.5 Å². The number of aromatic hydroxyl groups is 1. The number of phenolic OH excluding ortho intramolecular Hbond substituents is 1. The van der Waals surface area contributed by atoms with Crippen molar-refractivity contribution in [1.82, 2.24) is 25.2 Å². The molecule has 0 spiro atoms. The maximum atomic E-state index is 14.0. The minimum absolute atomic E-state index is 0.00242. The standard InChI is InChI=1S/C33H41N11O4S/c1-22-7-10-27(11-8-22)49(47,48)44(19-23-5-3-2-4-6-23)28-12-9-26(18-29(28)45)38-31-39-30(36-13-15-42-16-14-37-33(42)46)40-32(41-31)43-20-24(34)17-25(35)21-43/h2-12,18,24-25,45H,13-17,19-21,34-35H2,1H3,(H,37,46)(H2,36,38,39,40,41)/t24-,25+. The lowest BCUT2D eigenvalue weighted by atomic mass is 10.0. The van der Waals surface area contributed by atoms with E-state index in [0.717, 1.165) is 11.1 Å². The average Bonchev–Trinajstić information content (AvgIpc) is 3.48. The zero-order valence-corrected chi connectivity index (χ0v) is 28.0. The summed E-state index contributed by atoms with van der Waals surface area (Å²) >= 11 is 0. The first-order chi connectivity index (χ1) is 23.5. The number of aryl methyl sites for hydroxylation is 1. The number of piperidine rings is 1. The van der Waals surface area contributed by atoms with E-state index in [1.165, 1.54) is 16.4 Å². The van der Waals surface area contributed by atoms with Crippen LogP contribution in [0.4, 0.5) is 34.0 Å². The first-order valence-corrected chi connectivity index (χ1v) is 17.5. The summed E-state index contributed by atoms with van der Waals surface area (Å²) in [5.41, 5.74) is 14.7. The molecule has 2 atom stereocenters. The van der Waals surface area contributed by atoms with Crippen molar-refractivity contribution >= 4 is 45.3 Å². The number of hydrogen-bond donors (Lipinski definition) is 6. The number of nitrogens with zero attached hydrogens (tertiary/aromatic N) is 6. The molecule has 2 saturated heterocycles. The third-order valence-electron chi connectivity index (χ3n) is 8.31. The van der Waals surface area contributed by atoms with Gasteiger partial charge in [0.15, 0.2) is 0 Å². The van der Waals surface area contributed by atoms with Crippen LogP contribution in [-0.2, 0) is 16.6 Å². The number of urea groups is 1. The number of carbonyl (C=O) groups is 1. The number of carbonyl (C=O) groups excluding carboxylic acids is 1. The third-order valence-corrected chi connectivity index (χ3v) is 10.1. The molecule has 49 heavy (non-hydrogen) atoms. The van der Waals surface area contributed by atoms with Crippen LogP contribution in [0.25, 0.3) is 0 Å². The lowest BCUT2D eigenvalue weighted by Crippen LogP contribution is -2.52. The van der Waals surface area contributed by atoms with E-state index in [2.05, 4.69) is 30.9 Å². The predicted molar refractivity (Wildman–Crippen MR) is 188 cm³/mol. The molecule has 6 rings (SSSR count).